The second-order valence-electron chi connectivity index (χ2n) is 11.0. The van der Waals surface area contributed by atoms with Crippen LogP contribution in [0.1, 0.15) is 33.6 Å². The normalized spacial score (nSPS) is 21.0. The van der Waals surface area contributed by atoms with Crippen LogP contribution in [0.5, 0.6) is 0 Å². The van der Waals surface area contributed by atoms with Crippen molar-refractivity contribution in [3.05, 3.63) is 180 Å². The molecule has 2 atom stereocenters. The lowest BCUT2D eigenvalue weighted by Crippen LogP contribution is -2.23. The Morgan fingerprint density at radius 1 is 0.548 bits per heavy atom. The van der Waals surface area contributed by atoms with Crippen LogP contribution in [0.25, 0.3) is 54.9 Å². The summed E-state index contributed by atoms with van der Waals surface area (Å²) in [4.78, 5) is 0. The van der Waals surface area contributed by atoms with Gasteiger partial charge in [0.05, 0.1) is 11.0 Å². The van der Waals surface area contributed by atoms with Crippen molar-refractivity contribution < 1.29 is 11.0 Å². The van der Waals surface area contributed by atoms with E-state index in [1.54, 1.807) is 0 Å². The summed E-state index contributed by atoms with van der Waals surface area (Å²) < 4.78 is 72.6. The summed E-state index contributed by atoms with van der Waals surface area (Å²) in [5.74, 6) is -0.181. The molecule has 0 nitrogen and oxygen atoms in total. The molecule has 6 aromatic rings. The van der Waals surface area contributed by atoms with Gasteiger partial charge in [0.1, 0.15) is 0 Å². The van der Waals surface area contributed by atoms with Gasteiger partial charge in [0.15, 0.2) is 0 Å². The molecule has 0 radical (unpaired) electrons. The van der Waals surface area contributed by atoms with Crippen LogP contribution in [0.3, 0.4) is 0 Å². The standard InChI is InChI=1S/C42H28/c1-2-14-27(15-3-1)40-34-22-10-12-24-36(34)42(37-25-13-11-23-35(37)40)39-26-38-30-18-5-4-16-28(30)29-17-6-8-20-32(29)41(38)33-21-9-7-19-31(33)39/h1-26,33,41H/i10D,11D,12D,13D,22D,23D,24D,25D. The first-order valence-corrected chi connectivity index (χ1v) is 14.2. The summed E-state index contributed by atoms with van der Waals surface area (Å²) in [5.41, 5.74) is 8.52. The van der Waals surface area contributed by atoms with Crippen molar-refractivity contribution in [3.63, 3.8) is 0 Å². The number of hydrogen-bond donors (Lipinski definition) is 0. The van der Waals surface area contributed by atoms with E-state index < -0.39 is 24.2 Å². The molecule has 0 heterocycles. The molecule has 0 N–H and O–H groups in total. The van der Waals surface area contributed by atoms with Crippen molar-refractivity contribution >= 4 is 32.7 Å². The maximum atomic E-state index is 9.41. The van der Waals surface area contributed by atoms with Gasteiger partial charge in [-0.05, 0) is 83.3 Å². The third-order valence-electron chi connectivity index (χ3n) is 8.90. The van der Waals surface area contributed by atoms with Gasteiger partial charge >= 0.3 is 0 Å². The Bertz CT molecular complexity index is 2550. The molecule has 3 aliphatic rings. The molecule has 42 heavy (non-hydrogen) atoms. The summed E-state index contributed by atoms with van der Waals surface area (Å²) in [7, 11) is 0. The van der Waals surface area contributed by atoms with Crippen LogP contribution in [-0.4, -0.2) is 0 Å². The Morgan fingerprint density at radius 2 is 1.14 bits per heavy atom. The molecule has 3 aliphatic carbocycles. The van der Waals surface area contributed by atoms with Crippen LogP contribution in [0, 0.1) is 5.92 Å². The minimum absolute atomic E-state index is 0.0373. The van der Waals surface area contributed by atoms with Gasteiger partial charge < -0.3 is 0 Å². The van der Waals surface area contributed by atoms with Crippen molar-refractivity contribution in [1.29, 1.82) is 0 Å². The van der Waals surface area contributed by atoms with Crippen LogP contribution in [-0.2, 0) is 0 Å². The third-order valence-corrected chi connectivity index (χ3v) is 8.90. The van der Waals surface area contributed by atoms with Gasteiger partial charge in [-0.1, -0.05) is 152 Å². The summed E-state index contributed by atoms with van der Waals surface area (Å²) in [6, 6.07) is 23.2. The highest BCUT2D eigenvalue weighted by Crippen LogP contribution is 2.57. The van der Waals surface area contributed by atoms with Gasteiger partial charge in [-0.2, -0.15) is 0 Å². The zero-order valence-electron chi connectivity index (χ0n) is 30.5. The lowest BCUT2D eigenvalue weighted by molar-refractivity contribution is 0.686. The Kier molecular flexibility index (Phi) is 3.69. The average molecular weight is 541 g/mol. The molecule has 0 fully saturated rings. The molecule has 0 saturated carbocycles. The number of fused-ring (bicyclic) bond motifs is 10. The van der Waals surface area contributed by atoms with E-state index in [0.29, 0.717) is 22.3 Å². The second-order valence-corrected chi connectivity index (χ2v) is 11.0. The van der Waals surface area contributed by atoms with Crippen molar-refractivity contribution in [2.24, 2.45) is 5.92 Å². The third kappa shape index (κ3) is 3.30. The van der Waals surface area contributed by atoms with Gasteiger partial charge in [0, 0.05) is 11.8 Å². The fourth-order valence-electron chi connectivity index (χ4n) is 7.23. The zero-order chi connectivity index (χ0) is 34.6. The fourth-order valence-corrected chi connectivity index (χ4v) is 7.23. The topological polar surface area (TPSA) is 0 Å². The lowest BCUT2D eigenvalue weighted by atomic mass is 9.63. The van der Waals surface area contributed by atoms with E-state index in [1.807, 2.05) is 60.7 Å². The predicted molar refractivity (Wildman–Crippen MR) is 178 cm³/mol. The SMILES string of the molecule is [2H]c1c([2H])c([2H])c2c(-c3ccccc3)c3c([2H])c([2H])c([2H])c([2H])c3c(C3=C4C=CC=CC4C4C(=C3)c3ccccc3-c3ccccc34)c2c1[2H]. The Morgan fingerprint density at radius 3 is 1.86 bits per heavy atom. The zero-order valence-corrected chi connectivity index (χ0v) is 22.5. The fraction of sp³-hybridized carbons (Fsp3) is 0.0476. The first-order valence-electron chi connectivity index (χ1n) is 18.2. The van der Waals surface area contributed by atoms with Crippen LogP contribution < -0.4 is 0 Å². The first-order chi connectivity index (χ1) is 24.2. The highest BCUT2D eigenvalue weighted by atomic mass is 14.4. The summed E-state index contributed by atoms with van der Waals surface area (Å²) in [6.07, 6.45) is 10.3. The maximum absolute atomic E-state index is 9.41. The summed E-state index contributed by atoms with van der Waals surface area (Å²) >= 11 is 0. The molecule has 0 amide bonds. The summed E-state index contributed by atoms with van der Waals surface area (Å²) in [5, 5.41) is 0.919. The maximum Gasteiger partial charge on any atom is 0.0629 e. The average Bonchev–Trinajstić information content (AvgIpc) is 3.16. The van der Waals surface area contributed by atoms with E-state index in [0.717, 1.165) is 22.3 Å². The molecule has 0 saturated heterocycles. The quantitative estimate of drug-likeness (QED) is 0.192. The van der Waals surface area contributed by atoms with Crippen LogP contribution in [0.2, 0.25) is 0 Å². The molecule has 6 aromatic carbocycles. The minimum atomic E-state index is -0.401. The van der Waals surface area contributed by atoms with E-state index in [2.05, 4.69) is 48.6 Å². The summed E-state index contributed by atoms with van der Waals surface area (Å²) in [6.45, 7) is 0. The van der Waals surface area contributed by atoms with Crippen LogP contribution in [0.4, 0.5) is 0 Å². The molecule has 9 rings (SSSR count). The van der Waals surface area contributed by atoms with E-state index in [1.165, 1.54) is 11.1 Å². The largest absolute Gasteiger partial charge is 0.0760 e. The lowest BCUT2D eigenvalue weighted by Gasteiger charge is -2.40. The molecule has 0 spiro atoms. The highest BCUT2D eigenvalue weighted by molar-refractivity contribution is 6.20. The Hall–Kier alpha value is -5.20. The monoisotopic (exact) mass is 540 g/mol. The Labute approximate surface area is 257 Å². The van der Waals surface area contributed by atoms with E-state index in [9.17, 15) is 5.48 Å². The van der Waals surface area contributed by atoms with E-state index >= 15 is 0 Å². The highest BCUT2D eigenvalue weighted by Gasteiger charge is 2.39. The van der Waals surface area contributed by atoms with Gasteiger partial charge in [0.25, 0.3) is 0 Å². The van der Waals surface area contributed by atoms with Gasteiger partial charge in [0.2, 0.25) is 0 Å². The van der Waals surface area contributed by atoms with Crippen LogP contribution in [0.15, 0.2) is 163 Å². The molecule has 2 unspecified atom stereocenters. The smallest absolute Gasteiger partial charge is 0.0629 e. The molecule has 0 aliphatic heterocycles. The predicted octanol–water partition coefficient (Wildman–Crippen LogP) is 11.0. The van der Waals surface area contributed by atoms with Crippen molar-refractivity contribution in [2.45, 2.75) is 5.92 Å². The van der Waals surface area contributed by atoms with Gasteiger partial charge in [-0.3, -0.25) is 0 Å². The number of allylic oxidation sites excluding steroid dienone is 8. The molecule has 196 valence electrons. The number of rotatable bonds is 2. The van der Waals surface area contributed by atoms with Crippen molar-refractivity contribution in [1.82, 2.24) is 0 Å². The van der Waals surface area contributed by atoms with E-state index in [4.69, 9.17) is 5.48 Å². The Balaban J connectivity index is 1.54. The second kappa shape index (κ2) is 9.16. The van der Waals surface area contributed by atoms with E-state index in [-0.39, 0.29) is 57.6 Å². The molecular formula is C42H28. The molecular weight excluding hydrogens is 504 g/mol. The molecule has 0 aromatic heterocycles. The van der Waals surface area contributed by atoms with Crippen LogP contribution >= 0.6 is 0 Å². The molecule has 0 bridgehead atoms. The van der Waals surface area contributed by atoms with Gasteiger partial charge in [-0.15, -0.1) is 0 Å². The van der Waals surface area contributed by atoms with Crippen molar-refractivity contribution in [3.8, 4) is 22.3 Å². The number of hydrogen-bond acceptors (Lipinski definition) is 0. The molecule has 0 heteroatoms. The van der Waals surface area contributed by atoms with Crippen molar-refractivity contribution in [2.75, 3.05) is 0 Å². The first kappa shape index (κ1) is 16.9. The minimum Gasteiger partial charge on any atom is -0.0760 e. The number of benzene rings is 6. The van der Waals surface area contributed by atoms with Gasteiger partial charge in [-0.25, -0.2) is 0 Å².